The minimum absolute atomic E-state index is 0.0410. The molecular formula is C9H8N4O3S2. The second kappa shape index (κ2) is 5.18. The van der Waals surface area contributed by atoms with Gasteiger partial charge >= 0.3 is 0 Å². The van der Waals surface area contributed by atoms with Crippen molar-refractivity contribution in [3.8, 4) is 11.8 Å². The van der Waals surface area contributed by atoms with E-state index in [1.807, 2.05) is 0 Å². The number of nitrogens with zero attached hydrogens (tertiary/aromatic N) is 2. The predicted octanol–water partition coefficient (Wildman–Crippen LogP) is 0.0108. The van der Waals surface area contributed by atoms with Crippen LogP contribution in [0.2, 0.25) is 0 Å². The average Bonchev–Trinajstić information content (AvgIpc) is 2.96. The lowest BCUT2D eigenvalue weighted by atomic mass is 10.5. The molecule has 0 aliphatic rings. The smallest absolute Gasteiger partial charge is 0.280 e. The Bertz CT molecular complexity index is 679. The lowest BCUT2D eigenvalue weighted by Crippen LogP contribution is -2.12. The summed E-state index contributed by atoms with van der Waals surface area (Å²) in [5.74, 6) is 5.09. The second-order valence-corrected chi connectivity index (χ2v) is 5.69. The standard InChI is InChI=1S/C9H8N4O3S2/c14-3-1-2-7-4-11-9(17-7)13-18(15,16)8-5-10-6-12-8/h4-6,14H,3H2,(H,10,12)(H,11,13). The number of anilines is 1. The summed E-state index contributed by atoms with van der Waals surface area (Å²) in [6.07, 6.45) is 3.90. The lowest BCUT2D eigenvalue weighted by Gasteiger charge is -2.00. The van der Waals surface area contributed by atoms with Gasteiger partial charge in [0.05, 0.1) is 23.6 Å². The summed E-state index contributed by atoms with van der Waals surface area (Å²) >= 11 is 1.08. The Hall–Kier alpha value is -1.89. The maximum absolute atomic E-state index is 11.8. The number of hydrogen-bond acceptors (Lipinski definition) is 6. The van der Waals surface area contributed by atoms with Gasteiger partial charge in [-0.15, -0.1) is 0 Å². The number of imidazole rings is 1. The minimum Gasteiger partial charge on any atom is -0.384 e. The van der Waals surface area contributed by atoms with Gasteiger partial charge in [0.1, 0.15) is 6.61 Å². The maximum Gasteiger partial charge on any atom is 0.280 e. The molecule has 3 N–H and O–H groups in total. The summed E-state index contributed by atoms with van der Waals surface area (Å²) in [7, 11) is -3.69. The number of nitrogens with one attached hydrogen (secondary N) is 2. The molecule has 0 aromatic carbocycles. The number of aliphatic hydroxyl groups excluding tert-OH is 1. The van der Waals surface area contributed by atoms with Gasteiger partial charge in [-0.1, -0.05) is 23.2 Å². The highest BCUT2D eigenvalue weighted by atomic mass is 32.2. The highest BCUT2D eigenvalue weighted by molar-refractivity contribution is 7.92. The molecule has 0 amide bonds. The molecule has 0 aliphatic heterocycles. The molecule has 0 saturated heterocycles. The van der Waals surface area contributed by atoms with E-state index in [0.29, 0.717) is 4.88 Å². The Morgan fingerprint density at radius 2 is 2.33 bits per heavy atom. The van der Waals surface area contributed by atoms with E-state index in [1.165, 1.54) is 18.7 Å². The van der Waals surface area contributed by atoms with Crippen LogP contribution in [0.5, 0.6) is 0 Å². The van der Waals surface area contributed by atoms with Crippen molar-refractivity contribution < 1.29 is 13.5 Å². The number of aliphatic hydroxyl groups is 1. The molecule has 2 aromatic heterocycles. The fourth-order valence-corrected chi connectivity index (χ4v) is 2.90. The Morgan fingerprint density at radius 3 is 3.00 bits per heavy atom. The molecule has 0 atom stereocenters. The monoisotopic (exact) mass is 284 g/mol. The number of H-pyrrole nitrogens is 1. The third-order valence-electron chi connectivity index (χ3n) is 1.78. The Balaban J connectivity index is 2.17. The fourth-order valence-electron chi connectivity index (χ4n) is 1.07. The predicted molar refractivity (Wildman–Crippen MR) is 65.5 cm³/mol. The van der Waals surface area contributed by atoms with E-state index in [0.717, 1.165) is 11.3 Å². The van der Waals surface area contributed by atoms with Gasteiger partial charge in [0.25, 0.3) is 10.0 Å². The van der Waals surface area contributed by atoms with Crippen molar-refractivity contribution >= 4 is 26.5 Å². The van der Waals surface area contributed by atoms with E-state index in [9.17, 15) is 8.42 Å². The van der Waals surface area contributed by atoms with Gasteiger partial charge in [-0.25, -0.2) is 9.97 Å². The quantitative estimate of drug-likeness (QED) is 0.688. The van der Waals surface area contributed by atoms with Crippen molar-refractivity contribution in [1.29, 1.82) is 0 Å². The highest BCUT2D eigenvalue weighted by Gasteiger charge is 2.17. The zero-order valence-corrected chi connectivity index (χ0v) is 10.5. The number of aromatic nitrogens is 3. The zero-order chi connectivity index (χ0) is 13.0. The van der Waals surface area contributed by atoms with Crippen molar-refractivity contribution in [2.24, 2.45) is 0 Å². The van der Waals surface area contributed by atoms with Crippen LogP contribution >= 0.6 is 11.3 Å². The number of aromatic amines is 1. The van der Waals surface area contributed by atoms with Crippen LogP contribution in [0.4, 0.5) is 5.13 Å². The lowest BCUT2D eigenvalue weighted by molar-refractivity contribution is 0.350. The molecule has 2 heterocycles. The van der Waals surface area contributed by atoms with Crippen LogP contribution in [-0.4, -0.2) is 35.1 Å². The molecule has 0 bridgehead atoms. The molecule has 0 radical (unpaired) electrons. The number of rotatable bonds is 3. The number of hydrogen-bond donors (Lipinski definition) is 3. The van der Waals surface area contributed by atoms with Crippen molar-refractivity contribution in [3.05, 3.63) is 23.6 Å². The van der Waals surface area contributed by atoms with Crippen LogP contribution in [0, 0.1) is 11.8 Å². The first-order valence-corrected chi connectivity index (χ1v) is 6.98. The molecule has 0 spiro atoms. The molecule has 2 aromatic rings. The van der Waals surface area contributed by atoms with Crippen LogP contribution < -0.4 is 4.72 Å². The van der Waals surface area contributed by atoms with E-state index < -0.39 is 10.0 Å². The normalized spacial score (nSPS) is 10.7. The van der Waals surface area contributed by atoms with Gasteiger partial charge in [0.2, 0.25) is 0 Å². The molecule has 0 aliphatic carbocycles. The Morgan fingerprint density at radius 1 is 1.50 bits per heavy atom. The summed E-state index contributed by atoms with van der Waals surface area (Å²) in [4.78, 5) is 10.6. The second-order valence-electron chi connectivity index (χ2n) is 3.01. The largest absolute Gasteiger partial charge is 0.384 e. The maximum atomic E-state index is 11.8. The van der Waals surface area contributed by atoms with E-state index >= 15 is 0 Å². The fraction of sp³-hybridized carbons (Fsp3) is 0.111. The van der Waals surface area contributed by atoms with Crippen LogP contribution in [-0.2, 0) is 10.0 Å². The Kier molecular flexibility index (Phi) is 3.61. The third kappa shape index (κ3) is 2.86. The summed E-state index contributed by atoms with van der Waals surface area (Å²) < 4.78 is 25.9. The van der Waals surface area contributed by atoms with E-state index in [2.05, 4.69) is 31.5 Å². The third-order valence-corrected chi connectivity index (χ3v) is 4.00. The van der Waals surface area contributed by atoms with Gasteiger partial charge in [-0.3, -0.25) is 4.72 Å². The van der Waals surface area contributed by atoms with Crippen molar-refractivity contribution in [1.82, 2.24) is 15.0 Å². The molecule has 0 unspecified atom stereocenters. The first-order valence-electron chi connectivity index (χ1n) is 4.68. The molecule has 18 heavy (non-hydrogen) atoms. The molecule has 2 rings (SSSR count). The van der Waals surface area contributed by atoms with Crippen molar-refractivity contribution in [3.63, 3.8) is 0 Å². The summed E-state index contributed by atoms with van der Waals surface area (Å²) in [5.41, 5.74) is 0. The summed E-state index contributed by atoms with van der Waals surface area (Å²) in [5, 5.41) is 8.69. The van der Waals surface area contributed by atoms with E-state index in [-0.39, 0.29) is 16.8 Å². The first-order chi connectivity index (χ1) is 8.62. The SMILES string of the molecule is O=S(=O)(Nc1ncc(C#CCO)s1)c1cnc[nH]1. The van der Waals surface area contributed by atoms with E-state index in [1.54, 1.807) is 0 Å². The highest BCUT2D eigenvalue weighted by Crippen LogP contribution is 2.20. The summed E-state index contributed by atoms with van der Waals surface area (Å²) in [6, 6.07) is 0. The molecule has 0 saturated carbocycles. The van der Waals surface area contributed by atoms with E-state index in [4.69, 9.17) is 5.11 Å². The van der Waals surface area contributed by atoms with Gasteiger partial charge in [0.15, 0.2) is 10.2 Å². The first kappa shape index (κ1) is 12.6. The summed E-state index contributed by atoms with van der Waals surface area (Å²) in [6.45, 7) is -0.257. The molecule has 7 nitrogen and oxygen atoms in total. The number of thiazole rings is 1. The Labute approximate surface area is 107 Å². The number of sulfonamides is 1. The molecule has 94 valence electrons. The van der Waals surface area contributed by atoms with Gasteiger partial charge in [-0.2, -0.15) is 8.42 Å². The van der Waals surface area contributed by atoms with Gasteiger partial charge in [0, 0.05) is 0 Å². The van der Waals surface area contributed by atoms with Crippen molar-refractivity contribution in [2.75, 3.05) is 11.3 Å². The van der Waals surface area contributed by atoms with Crippen LogP contribution in [0.15, 0.2) is 23.7 Å². The average molecular weight is 284 g/mol. The van der Waals surface area contributed by atoms with Crippen LogP contribution in [0.3, 0.4) is 0 Å². The van der Waals surface area contributed by atoms with Gasteiger partial charge in [-0.05, 0) is 0 Å². The molecule has 0 fully saturated rings. The minimum atomic E-state index is -3.69. The molecular weight excluding hydrogens is 276 g/mol. The topological polar surface area (TPSA) is 108 Å². The van der Waals surface area contributed by atoms with Crippen LogP contribution in [0.25, 0.3) is 0 Å². The molecule has 9 heteroatoms. The van der Waals surface area contributed by atoms with Crippen molar-refractivity contribution in [2.45, 2.75) is 5.03 Å². The van der Waals surface area contributed by atoms with Crippen LogP contribution in [0.1, 0.15) is 4.88 Å². The zero-order valence-electron chi connectivity index (χ0n) is 8.91. The van der Waals surface area contributed by atoms with Gasteiger partial charge < -0.3 is 10.1 Å².